The maximum absolute atomic E-state index is 12.8. The van der Waals surface area contributed by atoms with Crippen molar-refractivity contribution in [1.29, 1.82) is 0 Å². The Morgan fingerprint density at radius 1 is 1.00 bits per heavy atom. The van der Waals surface area contributed by atoms with Gasteiger partial charge in [0, 0.05) is 40.8 Å². The molecule has 3 heterocycles. The summed E-state index contributed by atoms with van der Waals surface area (Å²) in [5.41, 5.74) is 3.06. The average molecular weight is 440 g/mol. The number of aromatic nitrogens is 3. The van der Waals surface area contributed by atoms with Gasteiger partial charge >= 0.3 is 6.18 Å². The number of benzene rings is 1. The molecule has 1 atom stereocenters. The third kappa shape index (κ3) is 4.39. The second-order valence-corrected chi connectivity index (χ2v) is 7.29. The van der Waals surface area contributed by atoms with Crippen molar-refractivity contribution in [1.82, 2.24) is 15.0 Å². The minimum absolute atomic E-state index is 0.389. The Hall–Kier alpha value is -3.56. The van der Waals surface area contributed by atoms with Gasteiger partial charge in [0.2, 0.25) is 0 Å². The number of aliphatic hydroxyl groups excluding tert-OH is 2. The van der Waals surface area contributed by atoms with E-state index in [1.165, 1.54) is 18.3 Å². The number of nitrogens with zero attached hydrogens (tertiary/aromatic N) is 3. The molecule has 0 radical (unpaired) electrons. The summed E-state index contributed by atoms with van der Waals surface area (Å²) in [7, 11) is 0. The normalized spacial score (nSPS) is 12.7. The molecular formula is C23H19F3N4O2. The molecule has 6 nitrogen and oxygen atoms in total. The number of anilines is 2. The number of hydrogen-bond acceptors (Lipinski definition) is 6. The van der Waals surface area contributed by atoms with Crippen molar-refractivity contribution in [3.8, 4) is 11.3 Å². The largest absolute Gasteiger partial charge is 0.416 e. The number of pyridine rings is 3. The van der Waals surface area contributed by atoms with E-state index in [0.29, 0.717) is 28.3 Å². The molecule has 0 aliphatic heterocycles. The summed E-state index contributed by atoms with van der Waals surface area (Å²) in [4.78, 5) is 13.2. The zero-order valence-corrected chi connectivity index (χ0v) is 16.9. The molecule has 0 amide bonds. The molecule has 0 unspecified atom stereocenters. The van der Waals surface area contributed by atoms with Crippen LogP contribution in [0.3, 0.4) is 0 Å². The Balaban J connectivity index is 1.64. The Bertz CT molecular complexity index is 1260. The highest BCUT2D eigenvalue weighted by Gasteiger charge is 2.30. The molecule has 3 aromatic heterocycles. The van der Waals surface area contributed by atoms with Crippen molar-refractivity contribution < 1.29 is 23.4 Å². The third-order valence-electron chi connectivity index (χ3n) is 5.00. The van der Waals surface area contributed by atoms with Gasteiger partial charge in [0.25, 0.3) is 0 Å². The van der Waals surface area contributed by atoms with E-state index in [9.17, 15) is 18.3 Å². The third-order valence-corrected chi connectivity index (χ3v) is 5.00. The van der Waals surface area contributed by atoms with Crippen LogP contribution in [0.25, 0.3) is 22.2 Å². The summed E-state index contributed by atoms with van der Waals surface area (Å²) in [5.74, 6) is 0.417. The minimum atomic E-state index is -4.39. The van der Waals surface area contributed by atoms with Gasteiger partial charge in [0.1, 0.15) is 11.6 Å². The highest BCUT2D eigenvalue weighted by atomic mass is 19.4. The Labute approximate surface area is 181 Å². The van der Waals surface area contributed by atoms with Crippen molar-refractivity contribution in [2.75, 3.05) is 11.9 Å². The van der Waals surface area contributed by atoms with Gasteiger partial charge in [-0.25, -0.2) is 4.98 Å². The van der Waals surface area contributed by atoms with E-state index in [2.05, 4.69) is 20.3 Å². The topological polar surface area (TPSA) is 91.2 Å². The van der Waals surface area contributed by atoms with Gasteiger partial charge in [-0.15, -0.1) is 0 Å². The zero-order chi connectivity index (χ0) is 22.9. The second kappa shape index (κ2) is 8.52. The molecule has 0 fully saturated rings. The molecule has 0 saturated carbocycles. The van der Waals surface area contributed by atoms with Gasteiger partial charge < -0.3 is 15.5 Å². The highest BCUT2D eigenvalue weighted by Crippen LogP contribution is 2.32. The van der Waals surface area contributed by atoms with Gasteiger partial charge in [-0.3, -0.25) is 9.97 Å². The predicted octanol–water partition coefficient (Wildman–Crippen LogP) is 4.79. The lowest BCUT2D eigenvalue weighted by Gasteiger charge is -2.12. The summed E-state index contributed by atoms with van der Waals surface area (Å²) in [6.07, 6.45) is -0.651. The van der Waals surface area contributed by atoms with E-state index < -0.39 is 17.8 Å². The van der Waals surface area contributed by atoms with Crippen LogP contribution in [0.1, 0.15) is 22.8 Å². The molecular weight excluding hydrogens is 421 g/mol. The van der Waals surface area contributed by atoms with Crippen molar-refractivity contribution >= 4 is 22.4 Å². The van der Waals surface area contributed by atoms with E-state index in [1.54, 1.807) is 24.5 Å². The predicted molar refractivity (Wildman–Crippen MR) is 114 cm³/mol. The Kier molecular flexibility index (Phi) is 5.77. The van der Waals surface area contributed by atoms with E-state index >= 15 is 0 Å². The van der Waals surface area contributed by atoms with Gasteiger partial charge in [-0.05, 0) is 55.0 Å². The Morgan fingerprint density at radius 2 is 1.75 bits per heavy atom. The maximum Gasteiger partial charge on any atom is 0.416 e. The first-order valence-corrected chi connectivity index (χ1v) is 9.71. The van der Waals surface area contributed by atoms with Crippen LogP contribution in [-0.2, 0) is 6.18 Å². The van der Waals surface area contributed by atoms with Crippen LogP contribution >= 0.6 is 0 Å². The fourth-order valence-corrected chi connectivity index (χ4v) is 3.35. The maximum atomic E-state index is 12.8. The van der Waals surface area contributed by atoms with Gasteiger partial charge in [-0.2, -0.15) is 13.2 Å². The van der Waals surface area contributed by atoms with E-state index in [4.69, 9.17) is 5.11 Å². The molecule has 4 rings (SSSR count). The lowest BCUT2D eigenvalue weighted by atomic mass is 10.0. The average Bonchev–Trinajstić information content (AvgIpc) is 2.78. The number of nitrogens with one attached hydrogen (secondary N) is 1. The van der Waals surface area contributed by atoms with Crippen molar-refractivity contribution in [3.63, 3.8) is 0 Å². The Morgan fingerprint density at radius 3 is 2.41 bits per heavy atom. The van der Waals surface area contributed by atoms with Crippen LogP contribution < -0.4 is 5.32 Å². The second-order valence-electron chi connectivity index (χ2n) is 7.29. The molecule has 0 aliphatic rings. The monoisotopic (exact) mass is 440 g/mol. The number of rotatable bonds is 5. The summed E-state index contributed by atoms with van der Waals surface area (Å²) in [6.45, 7) is 1.46. The molecule has 1 aromatic carbocycles. The van der Waals surface area contributed by atoms with Crippen molar-refractivity contribution in [2.45, 2.75) is 19.2 Å². The fourth-order valence-electron chi connectivity index (χ4n) is 3.35. The van der Waals surface area contributed by atoms with Crippen LogP contribution in [0.15, 0.2) is 61.1 Å². The highest BCUT2D eigenvalue weighted by molar-refractivity contribution is 5.92. The van der Waals surface area contributed by atoms with Gasteiger partial charge in [-0.1, -0.05) is 0 Å². The lowest BCUT2D eigenvalue weighted by molar-refractivity contribution is -0.137. The van der Waals surface area contributed by atoms with Crippen LogP contribution in [0.4, 0.5) is 24.7 Å². The number of fused-ring (bicyclic) bond motifs is 1. The summed E-state index contributed by atoms with van der Waals surface area (Å²) in [5, 5.41) is 22.7. The molecule has 0 saturated heterocycles. The van der Waals surface area contributed by atoms with Crippen LogP contribution in [0, 0.1) is 6.92 Å². The number of alkyl halides is 3. The first kappa shape index (κ1) is 21.7. The number of halogens is 3. The van der Waals surface area contributed by atoms with Crippen molar-refractivity contribution in [3.05, 3.63) is 77.7 Å². The van der Waals surface area contributed by atoms with Crippen molar-refractivity contribution in [2.24, 2.45) is 0 Å². The molecule has 3 N–H and O–H groups in total. The fraction of sp³-hybridized carbons (Fsp3) is 0.174. The molecule has 32 heavy (non-hydrogen) atoms. The molecule has 0 spiro atoms. The van der Waals surface area contributed by atoms with Crippen LogP contribution in [-0.4, -0.2) is 31.8 Å². The molecule has 164 valence electrons. The molecule has 0 bridgehead atoms. The number of aliphatic hydroxyl groups is 2. The van der Waals surface area contributed by atoms with E-state index in [0.717, 1.165) is 28.6 Å². The lowest BCUT2D eigenvalue weighted by Crippen LogP contribution is -2.05. The van der Waals surface area contributed by atoms with E-state index in [1.807, 2.05) is 13.0 Å². The smallest absolute Gasteiger partial charge is 0.393 e. The summed E-state index contributed by atoms with van der Waals surface area (Å²) < 4.78 is 38.3. The summed E-state index contributed by atoms with van der Waals surface area (Å²) >= 11 is 0. The SMILES string of the molecule is Cc1cc([C@@H](O)CO)cnc1-c1cnc2c(Nc3ccc(C(F)(F)F)cc3)nccc2c1. The van der Waals surface area contributed by atoms with Gasteiger partial charge in [0.05, 0.1) is 17.9 Å². The summed E-state index contributed by atoms with van der Waals surface area (Å²) in [6, 6.07) is 10.1. The van der Waals surface area contributed by atoms with E-state index in [-0.39, 0.29) is 6.61 Å². The van der Waals surface area contributed by atoms with Crippen LogP contribution in [0.2, 0.25) is 0 Å². The van der Waals surface area contributed by atoms with Gasteiger partial charge in [0.15, 0.2) is 5.82 Å². The first-order valence-electron chi connectivity index (χ1n) is 9.71. The first-order chi connectivity index (χ1) is 15.3. The molecule has 4 aromatic rings. The van der Waals surface area contributed by atoms with Crippen LogP contribution in [0.5, 0.6) is 0 Å². The quantitative estimate of drug-likeness (QED) is 0.413. The minimum Gasteiger partial charge on any atom is -0.393 e. The number of aryl methyl sites for hydroxylation is 1. The molecule has 9 heteroatoms. The molecule has 0 aliphatic carbocycles. The standard InChI is InChI=1S/C23H19F3N4O2/c1-13-8-15(19(32)12-31)10-28-20(13)16-9-14-6-7-27-22(21(14)29-11-16)30-18-4-2-17(3-5-18)23(24,25)26/h2-11,19,31-32H,12H2,1H3,(H,27,30)/t19-/m0/s1. The number of hydrogen-bond donors (Lipinski definition) is 3. The zero-order valence-electron chi connectivity index (χ0n) is 16.9.